The van der Waals surface area contributed by atoms with Crippen molar-refractivity contribution >= 4 is 5.91 Å². The number of likely N-dealkylation sites (tertiary alicyclic amines) is 1. The van der Waals surface area contributed by atoms with Crippen molar-refractivity contribution in [2.45, 2.75) is 26.2 Å². The van der Waals surface area contributed by atoms with Gasteiger partial charge in [0.25, 0.3) is 5.91 Å². The summed E-state index contributed by atoms with van der Waals surface area (Å²) in [5, 5.41) is 7.44. The van der Waals surface area contributed by atoms with E-state index in [2.05, 4.69) is 10.4 Å². The molecule has 0 spiro atoms. The van der Waals surface area contributed by atoms with Crippen molar-refractivity contribution in [3.63, 3.8) is 0 Å². The van der Waals surface area contributed by atoms with Gasteiger partial charge in [-0.15, -0.1) is 0 Å². The van der Waals surface area contributed by atoms with Gasteiger partial charge in [-0.2, -0.15) is 5.10 Å². The number of hydrogen-bond acceptors (Lipinski definition) is 3. The van der Waals surface area contributed by atoms with Crippen LogP contribution < -0.4 is 5.32 Å². The molecule has 0 atom stereocenters. The lowest BCUT2D eigenvalue weighted by Crippen LogP contribution is -2.39. The molecule has 0 radical (unpaired) electrons. The molecule has 1 aromatic heterocycles. The Morgan fingerprint density at radius 1 is 1.47 bits per heavy atom. The smallest absolute Gasteiger partial charge is 0.257 e. The van der Waals surface area contributed by atoms with E-state index in [-0.39, 0.29) is 5.91 Å². The Balaban J connectivity index is 1.91. The van der Waals surface area contributed by atoms with E-state index in [1.54, 1.807) is 4.68 Å². The molecule has 5 heteroatoms. The van der Waals surface area contributed by atoms with Crippen LogP contribution in [-0.2, 0) is 7.05 Å². The molecule has 1 saturated heterocycles. The molecular weight excluding hydrogens is 240 g/mol. The zero-order valence-corrected chi connectivity index (χ0v) is 12.1. The van der Waals surface area contributed by atoms with Crippen LogP contribution in [0.4, 0.5) is 0 Å². The summed E-state index contributed by atoms with van der Waals surface area (Å²) in [5.41, 5.74) is 1.57. The Labute approximate surface area is 115 Å². The van der Waals surface area contributed by atoms with Gasteiger partial charge in [0.15, 0.2) is 0 Å². The molecule has 1 aliphatic heterocycles. The topological polar surface area (TPSA) is 50.2 Å². The second-order valence-electron chi connectivity index (χ2n) is 5.43. The zero-order chi connectivity index (χ0) is 13.8. The molecule has 5 nitrogen and oxygen atoms in total. The van der Waals surface area contributed by atoms with Crippen LogP contribution >= 0.6 is 0 Å². The Kier molecular flexibility index (Phi) is 4.58. The van der Waals surface area contributed by atoms with Crippen LogP contribution in [0.2, 0.25) is 0 Å². The zero-order valence-electron chi connectivity index (χ0n) is 12.1. The largest absolute Gasteiger partial charge is 0.339 e. The lowest BCUT2D eigenvalue weighted by Gasteiger charge is -2.32. The average Bonchev–Trinajstić information content (AvgIpc) is 2.75. The molecule has 0 saturated carbocycles. The first-order valence-electron chi connectivity index (χ1n) is 7.06. The first kappa shape index (κ1) is 14.1. The molecule has 2 heterocycles. The lowest BCUT2D eigenvalue weighted by molar-refractivity contribution is 0.0686. The van der Waals surface area contributed by atoms with Crippen LogP contribution in [0.15, 0.2) is 6.20 Å². The van der Waals surface area contributed by atoms with Gasteiger partial charge < -0.3 is 10.2 Å². The van der Waals surface area contributed by atoms with Crippen molar-refractivity contribution in [1.29, 1.82) is 0 Å². The normalized spacial score (nSPS) is 16.9. The third-order valence-electron chi connectivity index (χ3n) is 3.95. The van der Waals surface area contributed by atoms with Gasteiger partial charge in [-0.3, -0.25) is 9.48 Å². The number of carbonyl (C=O) groups excluding carboxylic acids is 1. The highest BCUT2D eigenvalue weighted by atomic mass is 16.2. The number of hydrogen-bond donors (Lipinski definition) is 1. The Hall–Kier alpha value is -1.36. The number of amides is 1. The minimum atomic E-state index is 0.137. The molecule has 106 valence electrons. The summed E-state index contributed by atoms with van der Waals surface area (Å²) in [7, 11) is 3.84. The van der Waals surface area contributed by atoms with Crippen molar-refractivity contribution < 1.29 is 4.79 Å². The average molecular weight is 264 g/mol. The van der Waals surface area contributed by atoms with Crippen LogP contribution in [0, 0.1) is 12.8 Å². The van der Waals surface area contributed by atoms with E-state index in [0.717, 1.165) is 49.7 Å². The van der Waals surface area contributed by atoms with Crippen molar-refractivity contribution in [3.05, 3.63) is 17.5 Å². The van der Waals surface area contributed by atoms with Crippen LogP contribution in [0.25, 0.3) is 0 Å². The van der Waals surface area contributed by atoms with E-state index >= 15 is 0 Å². The van der Waals surface area contributed by atoms with E-state index in [1.807, 2.05) is 32.1 Å². The highest BCUT2D eigenvalue weighted by Gasteiger charge is 2.25. The maximum absolute atomic E-state index is 12.4. The highest BCUT2D eigenvalue weighted by Crippen LogP contribution is 2.22. The van der Waals surface area contributed by atoms with E-state index in [0.29, 0.717) is 0 Å². The molecule has 1 aromatic rings. The maximum atomic E-state index is 12.4. The number of piperidine rings is 1. The third-order valence-corrected chi connectivity index (χ3v) is 3.95. The van der Waals surface area contributed by atoms with Gasteiger partial charge in [0.05, 0.1) is 11.3 Å². The summed E-state index contributed by atoms with van der Waals surface area (Å²) in [6.45, 7) is 4.72. The SMILES string of the molecule is CNCCC1CCN(C(=O)c2cn(C)nc2C)CC1. The first-order valence-corrected chi connectivity index (χ1v) is 7.06. The number of nitrogens with zero attached hydrogens (tertiary/aromatic N) is 3. The molecule has 1 amide bonds. The Morgan fingerprint density at radius 3 is 2.68 bits per heavy atom. The summed E-state index contributed by atoms with van der Waals surface area (Å²) < 4.78 is 1.71. The van der Waals surface area contributed by atoms with E-state index in [4.69, 9.17) is 0 Å². The number of rotatable bonds is 4. The molecule has 0 aliphatic carbocycles. The molecule has 0 bridgehead atoms. The summed E-state index contributed by atoms with van der Waals surface area (Å²) in [6, 6.07) is 0. The second kappa shape index (κ2) is 6.19. The van der Waals surface area contributed by atoms with Gasteiger partial charge in [0.1, 0.15) is 0 Å². The predicted octanol–water partition coefficient (Wildman–Crippen LogP) is 1.19. The third kappa shape index (κ3) is 3.35. The monoisotopic (exact) mass is 264 g/mol. The van der Waals surface area contributed by atoms with Crippen molar-refractivity contribution in [3.8, 4) is 0 Å². The van der Waals surface area contributed by atoms with Crippen molar-refractivity contribution in [2.24, 2.45) is 13.0 Å². The molecule has 0 unspecified atom stereocenters. The van der Waals surface area contributed by atoms with Gasteiger partial charge in [-0.25, -0.2) is 0 Å². The van der Waals surface area contributed by atoms with Crippen molar-refractivity contribution in [2.75, 3.05) is 26.7 Å². The van der Waals surface area contributed by atoms with Gasteiger partial charge in [0.2, 0.25) is 0 Å². The van der Waals surface area contributed by atoms with Crippen LogP contribution in [0.1, 0.15) is 35.3 Å². The quantitative estimate of drug-likeness (QED) is 0.888. The van der Waals surface area contributed by atoms with Gasteiger partial charge in [0, 0.05) is 26.3 Å². The minimum absolute atomic E-state index is 0.137. The number of carbonyl (C=O) groups is 1. The Morgan fingerprint density at radius 2 is 2.16 bits per heavy atom. The van der Waals surface area contributed by atoms with Crippen LogP contribution in [0.5, 0.6) is 0 Å². The highest BCUT2D eigenvalue weighted by molar-refractivity contribution is 5.95. The summed E-state index contributed by atoms with van der Waals surface area (Å²) in [6.07, 6.45) is 5.27. The molecule has 19 heavy (non-hydrogen) atoms. The molecule has 1 aliphatic rings. The van der Waals surface area contributed by atoms with Crippen LogP contribution in [0.3, 0.4) is 0 Å². The lowest BCUT2D eigenvalue weighted by atomic mass is 9.93. The van der Waals surface area contributed by atoms with Gasteiger partial charge in [-0.05, 0) is 45.7 Å². The number of nitrogens with one attached hydrogen (secondary N) is 1. The fraction of sp³-hybridized carbons (Fsp3) is 0.714. The summed E-state index contributed by atoms with van der Waals surface area (Å²) >= 11 is 0. The first-order chi connectivity index (χ1) is 9.11. The molecule has 1 N–H and O–H groups in total. The number of aromatic nitrogens is 2. The Bertz CT molecular complexity index is 433. The van der Waals surface area contributed by atoms with Gasteiger partial charge in [-0.1, -0.05) is 0 Å². The van der Waals surface area contributed by atoms with E-state index < -0.39 is 0 Å². The predicted molar refractivity (Wildman–Crippen MR) is 75.1 cm³/mol. The fourth-order valence-electron chi connectivity index (χ4n) is 2.75. The summed E-state index contributed by atoms with van der Waals surface area (Å²) in [5.74, 6) is 0.893. The molecule has 2 rings (SSSR count). The van der Waals surface area contributed by atoms with E-state index in [9.17, 15) is 4.79 Å². The number of aryl methyl sites for hydroxylation is 2. The van der Waals surface area contributed by atoms with Crippen LogP contribution in [-0.4, -0.2) is 47.3 Å². The standard InChI is InChI=1S/C14H24N4O/c1-11-13(10-17(3)16-11)14(19)18-8-5-12(6-9-18)4-7-15-2/h10,12,15H,4-9H2,1-3H3. The van der Waals surface area contributed by atoms with Crippen molar-refractivity contribution in [1.82, 2.24) is 20.0 Å². The fourth-order valence-corrected chi connectivity index (χ4v) is 2.75. The maximum Gasteiger partial charge on any atom is 0.257 e. The van der Waals surface area contributed by atoms with E-state index in [1.165, 1.54) is 6.42 Å². The van der Waals surface area contributed by atoms with Gasteiger partial charge >= 0.3 is 0 Å². The summed E-state index contributed by atoms with van der Waals surface area (Å²) in [4.78, 5) is 14.4. The second-order valence-corrected chi connectivity index (χ2v) is 5.43. The minimum Gasteiger partial charge on any atom is -0.339 e. The molecular formula is C14H24N4O. The molecule has 1 fully saturated rings. The molecule has 0 aromatic carbocycles.